The Morgan fingerprint density at radius 2 is 0.690 bits per heavy atom. The fraction of sp³-hybridized carbons (Fsp3) is 0.432. The number of carbonyl (C=O) groups excluding carboxylic acids is 3. The molecule has 0 N–H and O–H groups in total. The van der Waals surface area contributed by atoms with Gasteiger partial charge in [-0.25, -0.2) is 0 Å². The predicted molar refractivity (Wildman–Crippen MR) is 176 cm³/mol. The molecule has 42 heavy (non-hydrogen) atoms. The average Bonchev–Trinajstić information content (AvgIpc) is 3.50. The molecule has 0 amide bonds. The van der Waals surface area contributed by atoms with Crippen LogP contribution in [-0.4, -0.2) is 17.3 Å². The maximum Gasteiger partial charge on any atom is 0.196 e. The second-order valence-corrected chi connectivity index (χ2v) is 17.9. The maximum absolute atomic E-state index is 13.7. The van der Waals surface area contributed by atoms with Gasteiger partial charge in [0.25, 0.3) is 0 Å². The number of fused-ring (bicyclic) bond motifs is 2. The quantitative estimate of drug-likeness (QED) is 0.264. The predicted octanol–water partition coefficient (Wildman–Crippen LogP) is 8.00. The molecule has 3 aliphatic rings. The molecule has 2 aromatic heterocycles. The molecule has 0 saturated heterocycles. The van der Waals surface area contributed by atoms with Gasteiger partial charge in [0.2, 0.25) is 0 Å². The van der Waals surface area contributed by atoms with Crippen LogP contribution in [0.2, 0.25) is 0 Å². The van der Waals surface area contributed by atoms with Crippen molar-refractivity contribution in [2.75, 3.05) is 0 Å². The van der Waals surface area contributed by atoms with Crippen LogP contribution in [0.1, 0.15) is 99.0 Å². The highest BCUT2D eigenvalue weighted by Gasteiger charge is 2.36. The molecule has 5 heteroatoms. The van der Waals surface area contributed by atoms with Crippen molar-refractivity contribution in [3.05, 3.63) is 88.0 Å². The number of hydrogen-bond donors (Lipinski definition) is 0. The third-order valence-electron chi connectivity index (χ3n) is 8.14. The fourth-order valence-corrected chi connectivity index (χ4v) is 8.10. The lowest BCUT2D eigenvalue weighted by molar-refractivity contribution is -0.114. The number of thiophene rings is 2. The van der Waals surface area contributed by atoms with Gasteiger partial charge in [-0.05, 0) is 69.2 Å². The molecular formula is C37H42O3S2. The minimum atomic E-state index is -0.295. The molecule has 0 aliphatic heterocycles. The van der Waals surface area contributed by atoms with Crippen molar-refractivity contribution in [1.82, 2.24) is 0 Å². The van der Waals surface area contributed by atoms with E-state index in [0.29, 0.717) is 0 Å². The normalized spacial score (nSPS) is 18.1. The molecular weight excluding hydrogens is 557 g/mol. The molecule has 220 valence electrons. The Balaban J connectivity index is 1.81. The molecule has 0 spiro atoms. The van der Waals surface area contributed by atoms with Crippen molar-refractivity contribution < 1.29 is 14.4 Å². The van der Waals surface area contributed by atoms with Gasteiger partial charge in [0.05, 0.1) is 9.06 Å². The molecule has 2 heterocycles. The number of hydrogen-bond acceptors (Lipinski definition) is 5. The smallest absolute Gasteiger partial charge is 0.196 e. The molecule has 3 nitrogen and oxygen atoms in total. The molecule has 0 radical (unpaired) electrons. The second-order valence-electron chi connectivity index (χ2n) is 15.8. The Kier molecular flexibility index (Phi) is 6.95. The summed E-state index contributed by atoms with van der Waals surface area (Å²) in [4.78, 5) is 40.6. The summed E-state index contributed by atoms with van der Waals surface area (Å²) < 4.78 is 4.00. The van der Waals surface area contributed by atoms with Crippen molar-refractivity contribution in [2.24, 2.45) is 21.7 Å². The van der Waals surface area contributed by atoms with E-state index < -0.39 is 0 Å². The van der Waals surface area contributed by atoms with Gasteiger partial charge in [0.1, 0.15) is 0 Å². The van der Waals surface area contributed by atoms with Gasteiger partial charge >= 0.3 is 0 Å². The van der Waals surface area contributed by atoms with E-state index in [-0.39, 0.29) is 39.0 Å². The molecule has 0 bridgehead atoms. The summed E-state index contributed by atoms with van der Waals surface area (Å²) >= 11 is 3.26. The molecule has 0 fully saturated rings. The van der Waals surface area contributed by atoms with Crippen LogP contribution >= 0.6 is 22.7 Å². The van der Waals surface area contributed by atoms with Crippen molar-refractivity contribution in [1.29, 1.82) is 0 Å². The van der Waals surface area contributed by atoms with E-state index in [0.717, 1.165) is 62.7 Å². The lowest BCUT2D eigenvalue weighted by Crippen LogP contribution is -2.28. The highest BCUT2D eigenvalue weighted by Crippen LogP contribution is 2.41. The Labute approximate surface area is 257 Å². The molecule has 2 aromatic rings. The van der Waals surface area contributed by atoms with Crippen LogP contribution < -0.4 is 9.06 Å². The fourth-order valence-electron chi connectivity index (χ4n) is 5.66. The summed E-state index contributed by atoms with van der Waals surface area (Å²) in [5.74, 6) is 0.264. The Hall–Kier alpha value is -2.89. The lowest BCUT2D eigenvalue weighted by atomic mass is 9.72. The van der Waals surface area contributed by atoms with E-state index in [9.17, 15) is 14.4 Å². The van der Waals surface area contributed by atoms with Crippen LogP contribution in [0.25, 0.3) is 11.1 Å². The first-order valence-corrected chi connectivity index (χ1v) is 16.3. The third-order valence-corrected chi connectivity index (χ3v) is 10.7. The van der Waals surface area contributed by atoms with Crippen LogP contribution in [-0.2, 0) is 9.59 Å². The summed E-state index contributed by atoms with van der Waals surface area (Å²) in [5, 5.41) is 0. The minimum absolute atomic E-state index is 0.0464. The Bertz CT molecular complexity index is 1720. The summed E-state index contributed by atoms with van der Waals surface area (Å²) in [6.45, 7) is 24.9. The lowest BCUT2D eigenvalue weighted by Gasteiger charge is -2.31. The van der Waals surface area contributed by atoms with Gasteiger partial charge in [-0.15, -0.1) is 22.7 Å². The maximum atomic E-state index is 13.7. The highest BCUT2D eigenvalue weighted by molar-refractivity contribution is 7.12. The summed E-state index contributed by atoms with van der Waals surface area (Å²) in [6.07, 6.45) is 8.10. The molecule has 3 aliphatic carbocycles. The van der Waals surface area contributed by atoms with Gasteiger partial charge in [0, 0.05) is 42.5 Å². The number of carbonyl (C=O) groups is 3. The molecule has 0 atom stereocenters. The van der Waals surface area contributed by atoms with E-state index in [2.05, 4.69) is 83.1 Å². The zero-order valence-electron chi connectivity index (χ0n) is 27.0. The van der Waals surface area contributed by atoms with Crippen LogP contribution in [0.15, 0.2) is 58.7 Å². The minimum Gasteiger partial charge on any atom is -0.289 e. The van der Waals surface area contributed by atoms with Gasteiger partial charge in [-0.2, -0.15) is 0 Å². The zero-order chi connectivity index (χ0) is 31.3. The monoisotopic (exact) mass is 598 g/mol. The van der Waals surface area contributed by atoms with Gasteiger partial charge < -0.3 is 0 Å². The Morgan fingerprint density at radius 3 is 0.929 bits per heavy atom. The van der Waals surface area contributed by atoms with Crippen molar-refractivity contribution in [3.8, 4) is 0 Å². The van der Waals surface area contributed by atoms with Gasteiger partial charge in [-0.1, -0.05) is 83.1 Å². The number of rotatable bonds is 0. The molecule has 5 rings (SSSR count). The second kappa shape index (κ2) is 9.56. The van der Waals surface area contributed by atoms with Crippen molar-refractivity contribution >= 4 is 51.2 Å². The van der Waals surface area contributed by atoms with Crippen molar-refractivity contribution in [2.45, 2.75) is 83.1 Å². The first-order chi connectivity index (χ1) is 19.1. The Morgan fingerprint density at radius 1 is 0.429 bits per heavy atom. The molecule has 0 unspecified atom stereocenters. The number of allylic oxidation sites excluding steroid dienone is 8. The standard InChI is InChI=1S/C37H42O3S2/c1-34(2,3)23-13-19(14-24(30(23)39)35(4,5)6)27-17-21-29(38)22-18-28(42-33(22)32(21)41-27)20-15-25(36(7,8)9)31(40)26(16-20)37(10,11)12/h13-18H,1-12H3. The summed E-state index contributed by atoms with van der Waals surface area (Å²) in [7, 11) is 0. The highest BCUT2D eigenvalue weighted by atomic mass is 32.1. The zero-order valence-corrected chi connectivity index (χ0v) is 28.6. The largest absolute Gasteiger partial charge is 0.289 e. The SMILES string of the molecule is CC(C)(C)C1=CC(=c2cc3c(s2)=c2sc(=C4C=C(C(C)(C)C)C(=O)C(C(C)(C)C)=C4)cc2C3=O)C=C(C(C)(C)C)C1=O. The van der Waals surface area contributed by atoms with E-state index in [4.69, 9.17) is 0 Å². The summed E-state index contributed by atoms with van der Waals surface area (Å²) in [5.41, 5.74) is 5.48. The van der Waals surface area contributed by atoms with E-state index in [1.165, 1.54) is 0 Å². The molecule has 0 saturated carbocycles. The first kappa shape index (κ1) is 30.6. The van der Waals surface area contributed by atoms with Crippen molar-refractivity contribution in [3.63, 3.8) is 0 Å². The average molecular weight is 599 g/mol. The summed E-state index contributed by atoms with van der Waals surface area (Å²) in [6, 6.07) is 4.02. The topological polar surface area (TPSA) is 51.2 Å². The van der Waals surface area contributed by atoms with E-state index in [1.807, 2.05) is 36.4 Å². The van der Waals surface area contributed by atoms with E-state index >= 15 is 0 Å². The third kappa shape index (κ3) is 5.13. The van der Waals surface area contributed by atoms with E-state index in [1.54, 1.807) is 22.7 Å². The van der Waals surface area contributed by atoms with Crippen LogP contribution in [0.4, 0.5) is 0 Å². The first-order valence-electron chi connectivity index (χ1n) is 14.6. The van der Waals surface area contributed by atoms with Gasteiger partial charge in [-0.3, -0.25) is 14.4 Å². The van der Waals surface area contributed by atoms with Gasteiger partial charge in [0.15, 0.2) is 17.3 Å². The number of Topliss-reactive ketones (excluding diaryl/α,β-unsaturated/α-hetero) is 2. The molecule has 0 aromatic carbocycles. The van der Waals surface area contributed by atoms with Crippen LogP contribution in [0.5, 0.6) is 0 Å². The van der Waals surface area contributed by atoms with Crippen LogP contribution in [0, 0.1) is 30.7 Å². The van der Waals surface area contributed by atoms with Crippen LogP contribution in [0.3, 0.4) is 0 Å². The number of ketones is 3.